The molecule has 1 aliphatic heterocycles. The summed E-state index contributed by atoms with van der Waals surface area (Å²) < 4.78 is 34.5. The summed E-state index contributed by atoms with van der Waals surface area (Å²) in [5.74, 6) is -1.94. The molecule has 0 bridgehead atoms. The number of para-hydroxylation sites is 1. The molecule has 1 aliphatic rings. The highest BCUT2D eigenvalue weighted by Crippen LogP contribution is 2.32. The molecule has 4 rings (SSSR count). The number of carbonyl (C=O) groups is 2. The summed E-state index contributed by atoms with van der Waals surface area (Å²) in [6, 6.07) is 8.27. The second-order valence-electron chi connectivity index (χ2n) is 6.59. The second-order valence-corrected chi connectivity index (χ2v) is 6.59. The number of ether oxygens (including phenoxy) is 1. The van der Waals surface area contributed by atoms with Crippen LogP contribution in [0, 0.1) is 18.6 Å². The third-order valence-corrected chi connectivity index (χ3v) is 4.45. The summed E-state index contributed by atoms with van der Waals surface area (Å²) in [6.45, 7) is 3.24. The molecule has 2 amide bonds. The fraction of sp³-hybridized carbons (Fsp3) is 0.150. The number of aromatic nitrogens is 2. The summed E-state index contributed by atoms with van der Waals surface area (Å²) in [7, 11) is 0. The minimum Gasteiger partial charge on any atom is -0.479 e. The van der Waals surface area contributed by atoms with Gasteiger partial charge in [0.1, 0.15) is 11.4 Å². The number of nitrogens with one attached hydrogen (secondary N) is 2. The number of halogens is 2. The topological polar surface area (TPSA) is 85.3 Å². The van der Waals surface area contributed by atoms with Gasteiger partial charge in [0.15, 0.2) is 23.4 Å². The van der Waals surface area contributed by atoms with Crippen LogP contribution in [-0.4, -0.2) is 27.7 Å². The van der Waals surface area contributed by atoms with Crippen molar-refractivity contribution in [3.05, 3.63) is 65.5 Å². The summed E-state index contributed by atoms with van der Waals surface area (Å²) >= 11 is 0. The Balaban J connectivity index is 1.59. The fourth-order valence-electron chi connectivity index (χ4n) is 2.98. The van der Waals surface area contributed by atoms with Gasteiger partial charge in [0.2, 0.25) is 0 Å². The molecule has 9 heteroatoms. The van der Waals surface area contributed by atoms with Gasteiger partial charge < -0.3 is 15.4 Å². The molecule has 3 aromatic rings. The summed E-state index contributed by atoms with van der Waals surface area (Å²) in [5.41, 5.74) is 0.921. The quantitative estimate of drug-likeness (QED) is 0.708. The van der Waals surface area contributed by atoms with Gasteiger partial charge in [-0.05, 0) is 44.2 Å². The van der Waals surface area contributed by atoms with E-state index in [0.29, 0.717) is 22.7 Å². The minimum absolute atomic E-state index is 0.0132. The normalized spacial score (nSPS) is 15.3. The Hall–Kier alpha value is -3.75. The first-order valence-corrected chi connectivity index (χ1v) is 8.77. The van der Waals surface area contributed by atoms with Gasteiger partial charge in [0, 0.05) is 17.4 Å². The Morgan fingerprint density at radius 2 is 1.97 bits per heavy atom. The Labute approximate surface area is 164 Å². The lowest BCUT2D eigenvalue weighted by Gasteiger charge is -2.23. The number of fused-ring (bicyclic) bond motifs is 1. The van der Waals surface area contributed by atoms with Gasteiger partial charge in [-0.15, -0.1) is 0 Å². The van der Waals surface area contributed by atoms with Gasteiger partial charge in [0.25, 0.3) is 11.8 Å². The molecule has 148 valence electrons. The van der Waals surface area contributed by atoms with Gasteiger partial charge in [-0.25, -0.2) is 13.5 Å². The van der Waals surface area contributed by atoms with Gasteiger partial charge in [-0.2, -0.15) is 5.10 Å². The van der Waals surface area contributed by atoms with Crippen LogP contribution in [0.3, 0.4) is 0 Å². The molecule has 0 spiro atoms. The number of anilines is 2. The summed E-state index contributed by atoms with van der Waals surface area (Å²) in [6.07, 6.45) is 0.770. The Bertz CT molecular complexity index is 1120. The van der Waals surface area contributed by atoms with E-state index >= 15 is 0 Å². The second kappa shape index (κ2) is 7.01. The van der Waals surface area contributed by atoms with Crippen LogP contribution in [0.5, 0.6) is 5.75 Å². The van der Waals surface area contributed by atoms with E-state index in [1.54, 1.807) is 32.0 Å². The molecule has 0 unspecified atom stereocenters. The average molecular weight is 398 g/mol. The molecule has 1 aromatic heterocycles. The number of hydrogen-bond donors (Lipinski definition) is 2. The molecule has 0 saturated heterocycles. The molecule has 1 atom stereocenters. The van der Waals surface area contributed by atoms with Crippen molar-refractivity contribution >= 4 is 23.2 Å². The largest absolute Gasteiger partial charge is 0.479 e. The predicted molar refractivity (Wildman–Crippen MR) is 101 cm³/mol. The molecule has 2 N–H and O–H groups in total. The lowest BCUT2D eigenvalue weighted by Crippen LogP contribution is -2.34. The zero-order valence-corrected chi connectivity index (χ0v) is 15.5. The maximum Gasteiger partial charge on any atom is 0.276 e. The van der Waals surface area contributed by atoms with Crippen molar-refractivity contribution in [3.63, 3.8) is 0 Å². The monoisotopic (exact) mass is 398 g/mol. The van der Waals surface area contributed by atoms with Gasteiger partial charge in [-0.3, -0.25) is 9.59 Å². The molecule has 0 aliphatic carbocycles. The van der Waals surface area contributed by atoms with E-state index in [9.17, 15) is 18.4 Å². The molecular weight excluding hydrogens is 382 g/mol. The average Bonchev–Trinajstić information content (AvgIpc) is 3.04. The molecule has 0 fully saturated rings. The molecule has 0 saturated carbocycles. The number of nitrogens with zero attached hydrogens (tertiary/aromatic N) is 2. The summed E-state index contributed by atoms with van der Waals surface area (Å²) in [4.78, 5) is 24.4. The van der Waals surface area contributed by atoms with Crippen molar-refractivity contribution in [2.75, 3.05) is 10.6 Å². The van der Waals surface area contributed by atoms with E-state index in [4.69, 9.17) is 4.74 Å². The highest BCUT2D eigenvalue weighted by molar-refractivity contribution is 6.05. The molecular formula is C20H16F2N4O3. The molecule has 2 heterocycles. The standard InChI is InChI=1S/C20H16F2N4O3/c1-10-9-26(18-13(21)4-3-5-14(18)22)25-17(10)20(28)23-12-6-7-16-15(8-12)24-19(27)11(2)29-16/h3-9,11H,1-2H3,(H,23,28)(H,24,27)/t11-/m1/s1. The van der Waals surface area contributed by atoms with Gasteiger partial charge in [-0.1, -0.05) is 6.07 Å². The number of hydrogen-bond acceptors (Lipinski definition) is 4. The van der Waals surface area contributed by atoms with Gasteiger partial charge >= 0.3 is 0 Å². The highest BCUT2D eigenvalue weighted by Gasteiger charge is 2.24. The van der Waals surface area contributed by atoms with Crippen molar-refractivity contribution in [1.29, 1.82) is 0 Å². The van der Waals surface area contributed by atoms with E-state index < -0.39 is 23.6 Å². The Kier molecular flexibility index (Phi) is 4.50. The molecule has 29 heavy (non-hydrogen) atoms. The van der Waals surface area contributed by atoms with Crippen molar-refractivity contribution in [3.8, 4) is 11.4 Å². The van der Waals surface area contributed by atoms with E-state index in [-0.39, 0.29) is 17.3 Å². The van der Waals surface area contributed by atoms with Crippen molar-refractivity contribution in [2.45, 2.75) is 20.0 Å². The molecule has 2 aromatic carbocycles. The van der Waals surface area contributed by atoms with Gasteiger partial charge in [0.05, 0.1) is 5.69 Å². The van der Waals surface area contributed by atoms with E-state index in [1.165, 1.54) is 12.3 Å². The van der Waals surface area contributed by atoms with E-state index in [2.05, 4.69) is 15.7 Å². The Morgan fingerprint density at radius 3 is 2.69 bits per heavy atom. The number of rotatable bonds is 3. The third kappa shape index (κ3) is 3.42. The summed E-state index contributed by atoms with van der Waals surface area (Å²) in [5, 5.41) is 9.39. The Morgan fingerprint density at radius 1 is 1.24 bits per heavy atom. The van der Waals surface area contributed by atoms with E-state index in [0.717, 1.165) is 16.8 Å². The smallest absolute Gasteiger partial charge is 0.276 e. The highest BCUT2D eigenvalue weighted by atomic mass is 19.1. The lowest BCUT2D eigenvalue weighted by molar-refractivity contribution is -0.122. The molecule has 7 nitrogen and oxygen atoms in total. The maximum atomic E-state index is 14.0. The van der Waals surface area contributed by atoms with E-state index in [1.807, 2.05) is 0 Å². The number of carbonyl (C=O) groups excluding carboxylic acids is 2. The first-order valence-electron chi connectivity index (χ1n) is 8.77. The van der Waals surface area contributed by atoms with Crippen LogP contribution in [0.2, 0.25) is 0 Å². The molecule has 0 radical (unpaired) electrons. The lowest BCUT2D eigenvalue weighted by atomic mass is 10.2. The van der Waals surface area contributed by atoms with Crippen LogP contribution >= 0.6 is 0 Å². The van der Waals surface area contributed by atoms with Crippen LogP contribution in [0.1, 0.15) is 23.0 Å². The SMILES string of the molecule is Cc1cn(-c2c(F)cccc2F)nc1C(=O)Nc1ccc2c(c1)NC(=O)[C@@H](C)O2. The van der Waals surface area contributed by atoms with Crippen LogP contribution in [0.4, 0.5) is 20.2 Å². The zero-order valence-electron chi connectivity index (χ0n) is 15.5. The number of amides is 2. The zero-order chi connectivity index (χ0) is 20.7. The van der Waals surface area contributed by atoms with Crippen LogP contribution in [0.25, 0.3) is 5.69 Å². The third-order valence-electron chi connectivity index (χ3n) is 4.45. The maximum absolute atomic E-state index is 14.0. The first kappa shape index (κ1) is 18.6. The van der Waals surface area contributed by atoms with Crippen molar-refractivity contribution in [1.82, 2.24) is 9.78 Å². The van der Waals surface area contributed by atoms with Crippen LogP contribution in [-0.2, 0) is 4.79 Å². The van der Waals surface area contributed by atoms with Crippen LogP contribution < -0.4 is 15.4 Å². The first-order chi connectivity index (χ1) is 13.8. The van der Waals surface area contributed by atoms with Crippen LogP contribution in [0.15, 0.2) is 42.6 Å². The van der Waals surface area contributed by atoms with Crippen molar-refractivity contribution < 1.29 is 23.1 Å². The number of aryl methyl sites for hydroxylation is 1. The number of benzene rings is 2. The predicted octanol–water partition coefficient (Wildman–Crippen LogP) is 3.43. The fourth-order valence-corrected chi connectivity index (χ4v) is 2.98. The van der Waals surface area contributed by atoms with Crippen molar-refractivity contribution in [2.24, 2.45) is 0 Å². The minimum atomic E-state index is -0.792.